The molecule has 0 saturated heterocycles. The third kappa shape index (κ3) is 3.87. The molecule has 0 aliphatic rings. The highest BCUT2D eigenvalue weighted by Crippen LogP contribution is 2.24. The minimum absolute atomic E-state index is 0.116. The number of nitrogens with one attached hydrogen (secondary N) is 1. The molecule has 106 valence electrons. The lowest BCUT2D eigenvalue weighted by molar-refractivity contribution is 0.482. The number of pyridine rings is 1. The van der Waals surface area contributed by atoms with E-state index in [4.69, 9.17) is 0 Å². The topological polar surface area (TPSA) is 24.9 Å². The van der Waals surface area contributed by atoms with Gasteiger partial charge in [-0.25, -0.2) is 4.39 Å². The van der Waals surface area contributed by atoms with Crippen LogP contribution < -0.4 is 5.32 Å². The maximum absolute atomic E-state index is 14.0. The molecular weight excluding hydrogens is 319 g/mol. The second kappa shape index (κ2) is 7.50. The summed E-state index contributed by atoms with van der Waals surface area (Å²) in [6.07, 6.45) is 3.34. The third-order valence-corrected chi connectivity index (χ3v) is 3.91. The molecule has 0 spiro atoms. The summed E-state index contributed by atoms with van der Waals surface area (Å²) in [5.74, 6) is -0.256. The van der Waals surface area contributed by atoms with Gasteiger partial charge in [0.2, 0.25) is 0 Å². The monoisotopic (exact) mass is 336 g/mol. The van der Waals surface area contributed by atoms with Crippen LogP contribution in [-0.2, 0) is 6.42 Å². The minimum Gasteiger partial charge on any atom is -0.308 e. The fourth-order valence-electron chi connectivity index (χ4n) is 2.12. The van der Waals surface area contributed by atoms with E-state index in [1.807, 2.05) is 24.3 Å². The van der Waals surface area contributed by atoms with E-state index in [0.29, 0.717) is 12.1 Å². The van der Waals surface area contributed by atoms with Crippen LogP contribution in [0.15, 0.2) is 47.1 Å². The van der Waals surface area contributed by atoms with Gasteiger partial charge in [0.1, 0.15) is 5.82 Å². The normalized spacial score (nSPS) is 12.3. The van der Waals surface area contributed by atoms with Gasteiger partial charge in [0.15, 0.2) is 0 Å². The van der Waals surface area contributed by atoms with E-state index in [1.54, 1.807) is 12.3 Å². The number of hydrogen-bond acceptors (Lipinski definition) is 2. The van der Waals surface area contributed by atoms with Gasteiger partial charge in [-0.05, 0) is 43.1 Å². The van der Waals surface area contributed by atoms with Crippen LogP contribution in [0.4, 0.5) is 4.39 Å². The second-order valence-corrected chi connectivity index (χ2v) is 5.53. The zero-order valence-electron chi connectivity index (χ0n) is 11.4. The summed E-state index contributed by atoms with van der Waals surface area (Å²) in [5.41, 5.74) is 1.63. The van der Waals surface area contributed by atoms with Gasteiger partial charge < -0.3 is 5.32 Å². The summed E-state index contributed by atoms with van der Waals surface area (Å²) >= 11 is 3.54. The van der Waals surface area contributed by atoms with E-state index in [1.165, 1.54) is 6.07 Å². The van der Waals surface area contributed by atoms with Crippen molar-refractivity contribution >= 4 is 15.9 Å². The first-order chi connectivity index (χ1) is 9.72. The molecule has 0 aliphatic carbocycles. The van der Waals surface area contributed by atoms with Crippen LogP contribution in [0, 0.1) is 5.82 Å². The van der Waals surface area contributed by atoms with E-state index in [0.717, 1.165) is 23.0 Å². The quantitative estimate of drug-likeness (QED) is 0.852. The van der Waals surface area contributed by atoms with Crippen molar-refractivity contribution < 1.29 is 4.39 Å². The molecule has 1 heterocycles. The number of nitrogens with zero attached hydrogens (tertiary/aromatic N) is 1. The fraction of sp³-hybridized carbons (Fsp3) is 0.312. The summed E-state index contributed by atoms with van der Waals surface area (Å²) in [6.45, 7) is 2.93. The van der Waals surface area contributed by atoms with Gasteiger partial charge in [-0.3, -0.25) is 4.98 Å². The van der Waals surface area contributed by atoms with Crippen molar-refractivity contribution in [3.8, 4) is 0 Å². The highest BCUT2D eigenvalue weighted by atomic mass is 79.9. The number of aromatic nitrogens is 1. The van der Waals surface area contributed by atoms with Crippen molar-refractivity contribution in [3.05, 3.63) is 64.1 Å². The molecule has 0 amide bonds. The van der Waals surface area contributed by atoms with E-state index in [9.17, 15) is 4.39 Å². The third-order valence-electron chi connectivity index (χ3n) is 3.14. The van der Waals surface area contributed by atoms with E-state index >= 15 is 0 Å². The summed E-state index contributed by atoms with van der Waals surface area (Å²) in [6, 6.07) is 11.0. The lowest BCUT2D eigenvalue weighted by atomic mass is 10.0. The van der Waals surface area contributed by atoms with E-state index in [2.05, 4.69) is 33.2 Å². The number of hydrogen-bond donors (Lipinski definition) is 1. The van der Waals surface area contributed by atoms with Gasteiger partial charge in [0.05, 0.1) is 11.7 Å². The Labute approximate surface area is 127 Å². The lowest BCUT2D eigenvalue weighted by Gasteiger charge is -2.19. The Hall–Kier alpha value is -1.26. The Morgan fingerprint density at radius 1 is 1.25 bits per heavy atom. The van der Waals surface area contributed by atoms with Gasteiger partial charge >= 0.3 is 0 Å². The molecule has 1 aromatic heterocycles. The summed E-state index contributed by atoms with van der Waals surface area (Å²) < 4.78 is 15.0. The average Bonchev–Trinajstić information content (AvgIpc) is 2.46. The van der Waals surface area contributed by atoms with Gasteiger partial charge in [0, 0.05) is 10.7 Å². The van der Waals surface area contributed by atoms with Crippen LogP contribution in [0.3, 0.4) is 0 Å². The zero-order chi connectivity index (χ0) is 14.4. The van der Waals surface area contributed by atoms with Crippen molar-refractivity contribution in [3.63, 3.8) is 0 Å². The molecule has 2 nitrogen and oxygen atoms in total. The highest BCUT2D eigenvalue weighted by Gasteiger charge is 2.17. The molecule has 0 saturated carbocycles. The summed E-state index contributed by atoms with van der Waals surface area (Å²) in [4.78, 5) is 4.20. The fourth-order valence-corrected chi connectivity index (χ4v) is 2.57. The van der Waals surface area contributed by atoms with Gasteiger partial charge in [-0.1, -0.05) is 41.1 Å². The van der Waals surface area contributed by atoms with Crippen LogP contribution in [0.5, 0.6) is 0 Å². The van der Waals surface area contributed by atoms with Gasteiger partial charge in [-0.15, -0.1) is 0 Å². The Morgan fingerprint density at radius 2 is 2.05 bits per heavy atom. The predicted molar refractivity (Wildman–Crippen MR) is 83.1 cm³/mol. The van der Waals surface area contributed by atoms with Crippen LogP contribution >= 0.6 is 15.9 Å². The highest BCUT2D eigenvalue weighted by molar-refractivity contribution is 9.10. The van der Waals surface area contributed by atoms with Gasteiger partial charge in [0.25, 0.3) is 0 Å². The predicted octanol–water partition coefficient (Wildman–Crippen LogP) is 4.27. The van der Waals surface area contributed by atoms with E-state index in [-0.39, 0.29) is 11.9 Å². The molecule has 1 atom stereocenters. The first-order valence-corrected chi connectivity index (χ1v) is 7.59. The first kappa shape index (κ1) is 15.1. The van der Waals surface area contributed by atoms with Crippen molar-refractivity contribution in [1.29, 1.82) is 0 Å². The molecule has 20 heavy (non-hydrogen) atoms. The van der Waals surface area contributed by atoms with Crippen molar-refractivity contribution in [2.75, 3.05) is 6.54 Å². The second-order valence-electron chi connectivity index (χ2n) is 4.67. The van der Waals surface area contributed by atoms with Crippen LogP contribution in [0.1, 0.15) is 30.6 Å². The molecule has 0 fully saturated rings. The van der Waals surface area contributed by atoms with Crippen LogP contribution in [0.25, 0.3) is 0 Å². The Morgan fingerprint density at radius 3 is 2.75 bits per heavy atom. The molecule has 1 aromatic carbocycles. The Bertz CT molecular complexity index is 560. The summed E-state index contributed by atoms with van der Waals surface area (Å²) in [5, 5.41) is 3.38. The number of halogens is 2. The SMILES string of the molecule is CCCNC(Cc1ccccc1Br)c1ncccc1F. The molecule has 0 bridgehead atoms. The Balaban J connectivity index is 2.24. The molecule has 0 aliphatic heterocycles. The van der Waals surface area contributed by atoms with Crippen LogP contribution in [-0.4, -0.2) is 11.5 Å². The van der Waals surface area contributed by atoms with Crippen LogP contribution in [0.2, 0.25) is 0 Å². The molecule has 2 aromatic rings. The van der Waals surface area contributed by atoms with Gasteiger partial charge in [-0.2, -0.15) is 0 Å². The number of benzene rings is 1. The van der Waals surface area contributed by atoms with E-state index < -0.39 is 0 Å². The molecule has 0 radical (unpaired) electrons. The Kier molecular flexibility index (Phi) is 5.68. The molecule has 1 N–H and O–H groups in total. The lowest BCUT2D eigenvalue weighted by Crippen LogP contribution is -2.26. The molecular formula is C16H18BrFN2. The maximum Gasteiger partial charge on any atom is 0.146 e. The van der Waals surface area contributed by atoms with Crippen molar-refractivity contribution in [2.24, 2.45) is 0 Å². The number of rotatable bonds is 6. The standard InChI is InChI=1S/C16H18BrFN2/c1-2-9-19-15(16-14(18)8-5-10-20-16)11-12-6-3-4-7-13(12)17/h3-8,10,15,19H,2,9,11H2,1H3. The maximum atomic E-state index is 14.0. The molecule has 2 rings (SSSR count). The van der Waals surface area contributed by atoms with Crippen molar-refractivity contribution in [1.82, 2.24) is 10.3 Å². The first-order valence-electron chi connectivity index (χ1n) is 6.79. The molecule has 1 unspecified atom stereocenters. The summed E-state index contributed by atoms with van der Waals surface area (Å²) in [7, 11) is 0. The van der Waals surface area contributed by atoms with Crippen molar-refractivity contribution in [2.45, 2.75) is 25.8 Å². The molecule has 4 heteroatoms. The minimum atomic E-state index is -0.256. The zero-order valence-corrected chi connectivity index (χ0v) is 13.0. The smallest absolute Gasteiger partial charge is 0.146 e. The average molecular weight is 337 g/mol. The largest absolute Gasteiger partial charge is 0.308 e.